The van der Waals surface area contributed by atoms with Crippen molar-refractivity contribution in [1.82, 2.24) is 0 Å². The first-order valence-electron chi connectivity index (χ1n) is 3.75. The van der Waals surface area contributed by atoms with Gasteiger partial charge in [0.15, 0.2) is 0 Å². The molecule has 0 spiro atoms. The van der Waals surface area contributed by atoms with E-state index in [4.69, 9.17) is 5.73 Å². The lowest BCUT2D eigenvalue weighted by atomic mass is 10.1. The van der Waals surface area contributed by atoms with Crippen molar-refractivity contribution in [3.8, 4) is 0 Å². The first kappa shape index (κ1) is 10.0. The van der Waals surface area contributed by atoms with Gasteiger partial charge in [-0.25, -0.2) is 0 Å². The highest BCUT2D eigenvalue weighted by Crippen LogP contribution is 2.26. The van der Waals surface area contributed by atoms with Gasteiger partial charge in [-0.2, -0.15) is 0 Å². The normalized spacial score (nSPS) is 11.7. The standard InChI is InChI=1S/C8H13BrN2S/c1-8(2,10)5-11-7-4-3-6(9)12-7/h3-4,11H,5,10H2,1-2H3. The molecule has 1 heterocycles. The van der Waals surface area contributed by atoms with E-state index < -0.39 is 0 Å². The third-order valence-electron chi connectivity index (χ3n) is 1.29. The molecule has 0 fully saturated rings. The van der Waals surface area contributed by atoms with Gasteiger partial charge in [0.1, 0.15) is 0 Å². The van der Waals surface area contributed by atoms with Crippen molar-refractivity contribution in [2.45, 2.75) is 19.4 Å². The fraction of sp³-hybridized carbons (Fsp3) is 0.500. The minimum absolute atomic E-state index is 0.156. The maximum atomic E-state index is 5.82. The van der Waals surface area contributed by atoms with Crippen molar-refractivity contribution < 1.29 is 0 Å². The summed E-state index contributed by atoms with van der Waals surface area (Å²) in [4.78, 5) is 0. The highest BCUT2D eigenvalue weighted by molar-refractivity contribution is 9.11. The second-order valence-corrected chi connectivity index (χ2v) is 5.91. The third-order valence-corrected chi connectivity index (χ3v) is 2.87. The van der Waals surface area contributed by atoms with Crippen LogP contribution in [0, 0.1) is 0 Å². The van der Waals surface area contributed by atoms with Crippen LogP contribution in [0.1, 0.15) is 13.8 Å². The smallest absolute Gasteiger partial charge is 0.0895 e. The van der Waals surface area contributed by atoms with Gasteiger partial charge in [-0.3, -0.25) is 0 Å². The van der Waals surface area contributed by atoms with E-state index in [0.717, 1.165) is 15.3 Å². The van der Waals surface area contributed by atoms with Crippen molar-refractivity contribution in [3.05, 3.63) is 15.9 Å². The summed E-state index contributed by atoms with van der Waals surface area (Å²) in [7, 11) is 0. The van der Waals surface area contributed by atoms with Crippen molar-refractivity contribution in [1.29, 1.82) is 0 Å². The lowest BCUT2D eigenvalue weighted by Gasteiger charge is -2.18. The zero-order valence-corrected chi connectivity index (χ0v) is 9.63. The summed E-state index contributed by atoms with van der Waals surface area (Å²) in [5.41, 5.74) is 5.66. The molecular weight excluding hydrogens is 236 g/mol. The summed E-state index contributed by atoms with van der Waals surface area (Å²) in [6.07, 6.45) is 0. The van der Waals surface area contributed by atoms with Crippen LogP contribution >= 0.6 is 27.3 Å². The van der Waals surface area contributed by atoms with E-state index >= 15 is 0 Å². The summed E-state index contributed by atoms with van der Waals surface area (Å²) in [5, 5.41) is 4.42. The van der Waals surface area contributed by atoms with Crippen LogP contribution in [-0.4, -0.2) is 12.1 Å². The van der Waals surface area contributed by atoms with Gasteiger partial charge in [-0.1, -0.05) is 0 Å². The van der Waals surface area contributed by atoms with Gasteiger partial charge in [-0.15, -0.1) is 11.3 Å². The second kappa shape index (κ2) is 3.77. The zero-order chi connectivity index (χ0) is 9.19. The molecule has 0 saturated heterocycles. The van der Waals surface area contributed by atoms with Crippen molar-refractivity contribution in [2.24, 2.45) is 5.73 Å². The van der Waals surface area contributed by atoms with E-state index in [1.807, 2.05) is 26.0 Å². The highest BCUT2D eigenvalue weighted by Gasteiger charge is 2.09. The maximum Gasteiger partial charge on any atom is 0.0895 e. The average Bonchev–Trinajstić information content (AvgIpc) is 2.30. The molecule has 68 valence electrons. The molecule has 3 N–H and O–H groups in total. The molecule has 1 aromatic rings. The summed E-state index contributed by atoms with van der Waals surface area (Å²) < 4.78 is 1.14. The molecule has 0 aliphatic rings. The Labute approximate surface area is 85.3 Å². The summed E-state index contributed by atoms with van der Waals surface area (Å²) in [5.74, 6) is 0. The number of thiophene rings is 1. The van der Waals surface area contributed by atoms with E-state index in [1.165, 1.54) is 0 Å². The number of hydrogen-bond acceptors (Lipinski definition) is 3. The number of nitrogens with two attached hydrogens (primary N) is 1. The summed E-state index contributed by atoms with van der Waals surface area (Å²) in [6, 6.07) is 4.07. The molecule has 0 amide bonds. The molecule has 0 radical (unpaired) electrons. The Balaban J connectivity index is 2.44. The lowest BCUT2D eigenvalue weighted by molar-refractivity contribution is 0.550. The van der Waals surface area contributed by atoms with Gasteiger partial charge in [-0.05, 0) is 41.9 Å². The van der Waals surface area contributed by atoms with Crippen molar-refractivity contribution >= 4 is 32.3 Å². The Morgan fingerprint density at radius 3 is 2.67 bits per heavy atom. The first-order chi connectivity index (χ1) is 5.47. The molecule has 0 aliphatic heterocycles. The van der Waals surface area contributed by atoms with Gasteiger partial charge in [0.2, 0.25) is 0 Å². The number of nitrogens with one attached hydrogen (secondary N) is 1. The molecular formula is C8H13BrN2S. The fourth-order valence-corrected chi connectivity index (χ4v) is 2.01. The molecule has 0 aliphatic carbocycles. The Morgan fingerprint density at radius 1 is 1.58 bits per heavy atom. The van der Waals surface area contributed by atoms with E-state index in [2.05, 4.69) is 21.2 Å². The first-order valence-corrected chi connectivity index (χ1v) is 5.36. The Morgan fingerprint density at radius 2 is 2.25 bits per heavy atom. The summed E-state index contributed by atoms with van der Waals surface area (Å²) in [6.45, 7) is 4.80. The quantitative estimate of drug-likeness (QED) is 0.864. The highest BCUT2D eigenvalue weighted by atomic mass is 79.9. The largest absolute Gasteiger partial charge is 0.375 e. The molecule has 0 unspecified atom stereocenters. The van der Waals surface area contributed by atoms with Crippen LogP contribution in [0.15, 0.2) is 15.9 Å². The Bertz CT molecular complexity index is 252. The monoisotopic (exact) mass is 248 g/mol. The second-order valence-electron chi connectivity index (χ2n) is 3.45. The topological polar surface area (TPSA) is 38.0 Å². The Kier molecular flexibility index (Phi) is 3.15. The van der Waals surface area contributed by atoms with Gasteiger partial charge in [0, 0.05) is 12.1 Å². The minimum Gasteiger partial charge on any atom is -0.375 e. The molecule has 1 aromatic heterocycles. The fourth-order valence-electron chi connectivity index (χ4n) is 0.724. The number of halogens is 1. The van der Waals surface area contributed by atoms with E-state index in [0.29, 0.717) is 0 Å². The molecule has 0 bridgehead atoms. The minimum atomic E-state index is -0.156. The molecule has 12 heavy (non-hydrogen) atoms. The molecule has 0 saturated carbocycles. The average molecular weight is 249 g/mol. The predicted molar refractivity (Wildman–Crippen MR) is 58.8 cm³/mol. The van der Waals surface area contributed by atoms with Gasteiger partial charge < -0.3 is 11.1 Å². The molecule has 0 aromatic carbocycles. The van der Waals surface area contributed by atoms with Crippen LogP contribution in [0.2, 0.25) is 0 Å². The van der Waals surface area contributed by atoms with Crippen LogP contribution in [0.3, 0.4) is 0 Å². The van der Waals surface area contributed by atoms with Gasteiger partial charge >= 0.3 is 0 Å². The van der Waals surface area contributed by atoms with Crippen LogP contribution in [0.25, 0.3) is 0 Å². The number of anilines is 1. The zero-order valence-electron chi connectivity index (χ0n) is 7.23. The van der Waals surface area contributed by atoms with Crippen LogP contribution in [0.5, 0.6) is 0 Å². The SMILES string of the molecule is CC(C)(N)CNc1ccc(Br)s1. The number of rotatable bonds is 3. The van der Waals surface area contributed by atoms with E-state index in [-0.39, 0.29) is 5.54 Å². The van der Waals surface area contributed by atoms with Gasteiger partial charge in [0.05, 0.1) is 8.79 Å². The predicted octanol–water partition coefficient (Wildman–Crippen LogP) is 2.66. The van der Waals surface area contributed by atoms with Gasteiger partial charge in [0.25, 0.3) is 0 Å². The Hall–Kier alpha value is -0.0600. The third kappa shape index (κ3) is 3.56. The van der Waals surface area contributed by atoms with Crippen LogP contribution < -0.4 is 11.1 Å². The number of hydrogen-bond donors (Lipinski definition) is 2. The van der Waals surface area contributed by atoms with Crippen LogP contribution in [-0.2, 0) is 0 Å². The molecule has 4 heteroatoms. The van der Waals surface area contributed by atoms with E-state index in [1.54, 1.807) is 11.3 Å². The molecule has 1 rings (SSSR count). The molecule has 0 atom stereocenters. The summed E-state index contributed by atoms with van der Waals surface area (Å²) >= 11 is 5.08. The van der Waals surface area contributed by atoms with Crippen molar-refractivity contribution in [3.63, 3.8) is 0 Å². The lowest BCUT2D eigenvalue weighted by Crippen LogP contribution is -2.39. The van der Waals surface area contributed by atoms with Crippen LogP contribution in [0.4, 0.5) is 5.00 Å². The van der Waals surface area contributed by atoms with E-state index in [9.17, 15) is 0 Å². The maximum absolute atomic E-state index is 5.82. The molecule has 2 nitrogen and oxygen atoms in total. The van der Waals surface area contributed by atoms with Crippen molar-refractivity contribution in [2.75, 3.05) is 11.9 Å².